The molecule has 1 aromatic heterocycles. The first-order valence-electron chi connectivity index (χ1n) is 4.71. The molecule has 0 saturated heterocycles. The molecule has 0 radical (unpaired) electrons. The summed E-state index contributed by atoms with van der Waals surface area (Å²) in [5, 5.41) is 0. The second kappa shape index (κ2) is 4.04. The lowest BCUT2D eigenvalue weighted by Crippen LogP contribution is -2.20. The van der Waals surface area contributed by atoms with Gasteiger partial charge in [0.2, 0.25) is 0 Å². The van der Waals surface area contributed by atoms with Gasteiger partial charge in [0.05, 0.1) is 5.52 Å². The maximum Gasteiger partial charge on any atom is 0.435 e. The number of aromatic nitrogens is 2. The Morgan fingerprint density at radius 3 is 1.84 bits per heavy atom. The summed E-state index contributed by atoms with van der Waals surface area (Å²) in [6.07, 6.45) is -10.7. The summed E-state index contributed by atoms with van der Waals surface area (Å²) in [5.74, 6) is -1.18. The summed E-state index contributed by atoms with van der Waals surface area (Å²) in [5.41, 5.74) is -5.89. The van der Waals surface area contributed by atoms with Crippen molar-refractivity contribution in [3.05, 3.63) is 35.4 Å². The lowest BCUT2D eigenvalue weighted by molar-refractivity contribution is -0.167. The smallest absolute Gasteiger partial charge is 0.239 e. The molecule has 2 aromatic rings. The Morgan fingerprint density at radius 2 is 1.32 bits per heavy atom. The standard InChI is InChI=1S/C10H3F7N2/c11-4-2-1-3-5-6(4)19-8(10(15,16)17)7(18-5)9(12,13)14/h1-3H. The van der Waals surface area contributed by atoms with E-state index in [1.54, 1.807) is 0 Å². The SMILES string of the molecule is Fc1cccc2nc(C(F)(F)F)c(C(F)(F)F)nc12. The molecule has 0 amide bonds. The van der Waals surface area contributed by atoms with Crippen molar-refractivity contribution in [3.63, 3.8) is 0 Å². The molecule has 2 nitrogen and oxygen atoms in total. The van der Waals surface area contributed by atoms with Gasteiger partial charge in [-0.25, -0.2) is 14.4 Å². The normalized spacial score (nSPS) is 13.0. The third kappa shape index (κ3) is 2.45. The zero-order valence-electron chi connectivity index (χ0n) is 8.77. The molecule has 1 aromatic carbocycles. The van der Waals surface area contributed by atoms with E-state index < -0.39 is 40.6 Å². The molecule has 102 valence electrons. The monoisotopic (exact) mass is 284 g/mol. The van der Waals surface area contributed by atoms with Crippen LogP contribution in [0.1, 0.15) is 11.4 Å². The van der Waals surface area contributed by atoms with Gasteiger partial charge in [0, 0.05) is 0 Å². The molecule has 0 saturated carbocycles. The maximum atomic E-state index is 13.2. The number of hydrogen-bond donors (Lipinski definition) is 0. The Balaban J connectivity index is 2.87. The van der Waals surface area contributed by atoms with E-state index in [9.17, 15) is 30.7 Å². The van der Waals surface area contributed by atoms with Crippen molar-refractivity contribution in [3.8, 4) is 0 Å². The van der Waals surface area contributed by atoms with E-state index in [4.69, 9.17) is 0 Å². The second-order valence-corrected chi connectivity index (χ2v) is 3.52. The van der Waals surface area contributed by atoms with E-state index in [1.165, 1.54) is 0 Å². The van der Waals surface area contributed by atoms with Crippen LogP contribution in [0.25, 0.3) is 11.0 Å². The fraction of sp³-hybridized carbons (Fsp3) is 0.200. The highest BCUT2D eigenvalue weighted by atomic mass is 19.4. The largest absolute Gasteiger partial charge is 0.435 e. The fourth-order valence-electron chi connectivity index (χ4n) is 1.44. The molecule has 2 rings (SSSR count). The second-order valence-electron chi connectivity index (χ2n) is 3.52. The van der Waals surface area contributed by atoms with Gasteiger partial charge in [0.1, 0.15) is 5.52 Å². The van der Waals surface area contributed by atoms with E-state index in [2.05, 4.69) is 9.97 Å². The predicted molar refractivity (Wildman–Crippen MR) is 49.5 cm³/mol. The first-order chi connectivity index (χ1) is 8.60. The van der Waals surface area contributed by atoms with Crippen LogP contribution >= 0.6 is 0 Å². The van der Waals surface area contributed by atoms with Gasteiger partial charge < -0.3 is 0 Å². The average molecular weight is 284 g/mol. The van der Waals surface area contributed by atoms with E-state index >= 15 is 0 Å². The Labute approximate surface area is 100 Å². The molecule has 0 atom stereocenters. The van der Waals surface area contributed by atoms with Gasteiger partial charge in [0.15, 0.2) is 17.2 Å². The average Bonchev–Trinajstić information content (AvgIpc) is 2.25. The Kier molecular flexibility index (Phi) is 2.87. The number of para-hydroxylation sites is 1. The van der Waals surface area contributed by atoms with Crippen molar-refractivity contribution in [1.29, 1.82) is 0 Å². The summed E-state index contributed by atoms with van der Waals surface area (Å²) >= 11 is 0. The number of fused-ring (bicyclic) bond motifs is 1. The molecular formula is C10H3F7N2. The molecule has 0 bridgehead atoms. The van der Waals surface area contributed by atoms with Gasteiger partial charge in [-0.1, -0.05) is 6.07 Å². The van der Waals surface area contributed by atoms with Crippen LogP contribution in [0.2, 0.25) is 0 Å². The molecule has 0 aliphatic carbocycles. The quantitative estimate of drug-likeness (QED) is 0.687. The number of benzene rings is 1. The molecule has 0 unspecified atom stereocenters. The van der Waals surface area contributed by atoms with Gasteiger partial charge in [-0.3, -0.25) is 0 Å². The minimum Gasteiger partial charge on any atom is -0.239 e. The van der Waals surface area contributed by atoms with E-state index in [0.717, 1.165) is 18.2 Å². The highest BCUT2D eigenvalue weighted by Gasteiger charge is 2.46. The molecule has 0 aliphatic rings. The molecule has 9 heteroatoms. The Morgan fingerprint density at radius 1 is 0.789 bits per heavy atom. The fourth-order valence-corrected chi connectivity index (χ4v) is 1.44. The van der Waals surface area contributed by atoms with Crippen molar-refractivity contribution >= 4 is 11.0 Å². The number of rotatable bonds is 0. The maximum absolute atomic E-state index is 13.2. The van der Waals surface area contributed by atoms with Crippen LogP contribution < -0.4 is 0 Å². The summed E-state index contributed by atoms with van der Waals surface area (Å²) < 4.78 is 88.3. The third-order valence-electron chi connectivity index (χ3n) is 2.18. The third-order valence-corrected chi connectivity index (χ3v) is 2.18. The molecule has 0 N–H and O–H groups in total. The number of hydrogen-bond acceptors (Lipinski definition) is 2. The molecule has 1 heterocycles. The van der Waals surface area contributed by atoms with Crippen molar-refractivity contribution in [2.75, 3.05) is 0 Å². The number of alkyl halides is 6. The zero-order valence-corrected chi connectivity index (χ0v) is 8.77. The van der Waals surface area contributed by atoms with Crippen LogP contribution in [0, 0.1) is 5.82 Å². The summed E-state index contributed by atoms with van der Waals surface area (Å²) in [7, 11) is 0. The van der Waals surface area contributed by atoms with E-state index in [0.29, 0.717) is 0 Å². The lowest BCUT2D eigenvalue weighted by Gasteiger charge is -2.14. The molecule has 0 spiro atoms. The van der Waals surface area contributed by atoms with Crippen LogP contribution in [-0.4, -0.2) is 9.97 Å². The van der Waals surface area contributed by atoms with E-state index in [-0.39, 0.29) is 0 Å². The van der Waals surface area contributed by atoms with Crippen LogP contribution in [0.5, 0.6) is 0 Å². The minimum absolute atomic E-state index is 0.597. The number of nitrogens with zero attached hydrogens (tertiary/aromatic N) is 2. The summed E-state index contributed by atoms with van der Waals surface area (Å²) in [6, 6.07) is 2.75. The highest BCUT2D eigenvalue weighted by molar-refractivity contribution is 5.75. The first kappa shape index (κ1) is 13.5. The molecule has 19 heavy (non-hydrogen) atoms. The summed E-state index contributed by atoms with van der Waals surface area (Å²) in [6.45, 7) is 0. The molecular weight excluding hydrogens is 281 g/mol. The van der Waals surface area contributed by atoms with Crippen molar-refractivity contribution in [1.82, 2.24) is 9.97 Å². The number of halogens is 7. The van der Waals surface area contributed by atoms with Gasteiger partial charge in [-0.15, -0.1) is 0 Å². The van der Waals surface area contributed by atoms with Crippen molar-refractivity contribution in [2.45, 2.75) is 12.4 Å². The zero-order chi connectivity index (χ0) is 14.4. The minimum atomic E-state index is -5.38. The van der Waals surface area contributed by atoms with Crippen LogP contribution in [0.3, 0.4) is 0 Å². The van der Waals surface area contributed by atoms with Gasteiger partial charge in [0.25, 0.3) is 0 Å². The van der Waals surface area contributed by atoms with Gasteiger partial charge in [-0.2, -0.15) is 26.3 Å². The molecule has 0 fully saturated rings. The highest BCUT2D eigenvalue weighted by Crippen LogP contribution is 2.38. The Bertz CT molecular complexity index is 630. The Hall–Kier alpha value is -1.93. The van der Waals surface area contributed by atoms with E-state index in [1.807, 2.05) is 0 Å². The lowest BCUT2D eigenvalue weighted by atomic mass is 10.2. The summed E-state index contributed by atoms with van der Waals surface area (Å²) in [4.78, 5) is 5.56. The van der Waals surface area contributed by atoms with Gasteiger partial charge in [-0.05, 0) is 12.1 Å². The van der Waals surface area contributed by atoms with Gasteiger partial charge >= 0.3 is 12.4 Å². The van der Waals surface area contributed by atoms with Crippen LogP contribution in [0.15, 0.2) is 18.2 Å². The van der Waals surface area contributed by atoms with Crippen LogP contribution in [0.4, 0.5) is 30.7 Å². The van der Waals surface area contributed by atoms with Crippen molar-refractivity contribution < 1.29 is 30.7 Å². The first-order valence-corrected chi connectivity index (χ1v) is 4.71. The molecule has 0 aliphatic heterocycles. The van der Waals surface area contributed by atoms with Crippen LogP contribution in [-0.2, 0) is 12.4 Å². The predicted octanol–water partition coefficient (Wildman–Crippen LogP) is 3.81. The topological polar surface area (TPSA) is 25.8 Å². The van der Waals surface area contributed by atoms with Crippen molar-refractivity contribution in [2.24, 2.45) is 0 Å².